The quantitative estimate of drug-likeness (QED) is 0.878. The molecule has 1 aromatic rings. The third kappa shape index (κ3) is 2.25. The van der Waals surface area contributed by atoms with Crippen molar-refractivity contribution in [3.05, 3.63) is 29.6 Å². The number of carboxylic acid groups (broad SMARTS) is 1. The van der Waals surface area contributed by atoms with Crippen LogP contribution in [-0.4, -0.2) is 23.7 Å². The van der Waals surface area contributed by atoms with Gasteiger partial charge in [-0.1, -0.05) is 0 Å². The topological polar surface area (TPSA) is 40.5 Å². The summed E-state index contributed by atoms with van der Waals surface area (Å²) in [5.74, 6) is -1.25. The molecule has 0 radical (unpaired) electrons. The summed E-state index contributed by atoms with van der Waals surface area (Å²) in [4.78, 5) is 12.9. The maximum Gasteiger partial charge on any atom is 0.304 e. The predicted octanol–water partition coefficient (Wildman–Crippen LogP) is 2.61. The maximum atomic E-state index is 13.2. The smallest absolute Gasteiger partial charge is 0.304 e. The Morgan fingerprint density at radius 2 is 2.29 bits per heavy atom. The number of carboxylic acids is 1. The second-order valence-corrected chi connectivity index (χ2v) is 4.74. The first kappa shape index (κ1) is 11.9. The molecule has 0 saturated carbocycles. The van der Waals surface area contributed by atoms with Crippen molar-refractivity contribution in [1.29, 1.82) is 0 Å². The van der Waals surface area contributed by atoms with E-state index in [2.05, 4.69) is 18.7 Å². The Morgan fingerprint density at radius 3 is 2.88 bits per heavy atom. The molecule has 1 heterocycles. The van der Waals surface area contributed by atoms with E-state index in [-0.39, 0.29) is 24.2 Å². The summed E-state index contributed by atoms with van der Waals surface area (Å²) in [5.41, 5.74) is 1.79. The molecule has 17 heavy (non-hydrogen) atoms. The second-order valence-electron chi connectivity index (χ2n) is 4.74. The maximum absolute atomic E-state index is 13.2. The van der Waals surface area contributed by atoms with Crippen molar-refractivity contribution in [1.82, 2.24) is 0 Å². The SMILES string of the molecule is CC(C)N1CC(CC(=O)O)c2cc(F)ccc21. The van der Waals surface area contributed by atoms with Crippen molar-refractivity contribution in [2.75, 3.05) is 11.4 Å². The summed E-state index contributed by atoms with van der Waals surface area (Å²) >= 11 is 0. The Balaban J connectivity index is 2.37. The van der Waals surface area contributed by atoms with E-state index in [1.807, 2.05) is 0 Å². The predicted molar refractivity (Wildman–Crippen MR) is 63.9 cm³/mol. The number of anilines is 1. The number of halogens is 1. The highest BCUT2D eigenvalue weighted by atomic mass is 19.1. The molecule has 0 aromatic heterocycles. The van der Waals surface area contributed by atoms with Crippen LogP contribution in [0.15, 0.2) is 18.2 Å². The zero-order chi connectivity index (χ0) is 12.6. The van der Waals surface area contributed by atoms with Crippen molar-refractivity contribution >= 4 is 11.7 Å². The highest BCUT2D eigenvalue weighted by molar-refractivity contribution is 5.71. The first-order valence-electron chi connectivity index (χ1n) is 5.77. The molecule has 0 aliphatic carbocycles. The number of carbonyl (C=O) groups is 1. The lowest BCUT2D eigenvalue weighted by atomic mass is 9.98. The van der Waals surface area contributed by atoms with Gasteiger partial charge in [-0.15, -0.1) is 0 Å². The number of aliphatic carboxylic acids is 1. The van der Waals surface area contributed by atoms with Crippen LogP contribution in [0.1, 0.15) is 31.7 Å². The van der Waals surface area contributed by atoms with Crippen molar-refractivity contribution < 1.29 is 14.3 Å². The van der Waals surface area contributed by atoms with Gasteiger partial charge in [-0.2, -0.15) is 0 Å². The van der Waals surface area contributed by atoms with Crippen LogP contribution in [0, 0.1) is 5.82 Å². The number of hydrogen-bond acceptors (Lipinski definition) is 2. The van der Waals surface area contributed by atoms with E-state index in [0.29, 0.717) is 6.54 Å². The summed E-state index contributed by atoms with van der Waals surface area (Å²) in [7, 11) is 0. The average molecular weight is 237 g/mol. The molecule has 4 heteroatoms. The van der Waals surface area contributed by atoms with Crippen LogP contribution in [0.3, 0.4) is 0 Å². The summed E-state index contributed by atoms with van der Waals surface area (Å²) in [6.07, 6.45) is 0.0552. The van der Waals surface area contributed by atoms with E-state index in [9.17, 15) is 9.18 Å². The molecule has 0 spiro atoms. The second kappa shape index (κ2) is 4.35. The van der Waals surface area contributed by atoms with Gasteiger partial charge in [0.25, 0.3) is 0 Å². The number of benzene rings is 1. The van der Waals surface area contributed by atoms with Crippen LogP contribution in [-0.2, 0) is 4.79 Å². The highest BCUT2D eigenvalue weighted by Gasteiger charge is 2.31. The first-order valence-corrected chi connectivity index (χ1v) is 5.77. The molecular formula is C13H16FNO2. The van der Waals surface area contributed by atoms with E-state index in [1.54, 1.807) is 6.07 Å². The Labute approximate surface area is 99.9 Å². The number of hydrogen-bond donors (Lipinski definition) is 1. The molecule has 1 aromatic carbocycles. The third-order valence-corrected chi connectivity index (χ3v) is 3.20. The van der Waals surface area contributed by atoms with Gasteiger partial charge in [0, 0.05) is 24.2 Å². The van der Waals surface area contributed by atoms with Crippen LogP contribution < -0.4 is 4.90 Å². The number of fused-ring (bicyclic) bond motifs is 1. The van der Waals surface area contributed by atoms with E-state index in [0.717, 1.165) is 11.3 Å². The van der Waals surface area contributed by atoms with Gasteiger partial charge in [0.1, 0.15) is 5.82 Å². The number of nitrogens with zero attached hydrogens (tertiary/aromatic N) is 1. The molecule has 0 amide bonds. The molecule has 2 rings (SSSR count). The lowest BCUT2D eigenvalue weighted by molar-refractivity contribution is -0.137. The van der Waals surface area contributed by atoms with Gasteiger partial charge in [-0.3, -0.25) is 4.79 Å². The summed E-state index contributed by atoms with van der Waals surface area (Å²) in [6, 6.07) is 4.92. The van der Waals surface area contributed by atoms with Gasteiger partial charge in [0.05, 0.1) is 6.42 Å². The summed E-state index contributed by atoms with van der Waals surface area (Å²) in [5, 5.41) is 8.88. The first-order chi connectivity index (χ1) is 7.99. The van der Waals surface area contributed by atoms with Crippen molar-refractivity contribution in [2.45, 2.75) is 32.2 Å². The summed E-state index contributed by atoms with van der Waals surface area (Å²) < 4.78 is 13.2. The van der Waals surface area contributed by atoms with Gasteiger partial charge in [0.15, 0.2) is 0 Å². The van der Waals surface area contributed by atoms with Crippen molar-refractivity contribution in [3.63, 3.8) is 0 Å². The lowest BCUT2D eigenvalue weighted by Crippen LogP contribution is -2.29. The van der Waals surface area contributed by atoms with Crippen molar-refractivity contribution in [2.24, 2.45) is 0 Å². The van der Waals surface area contributed by atoms with Crippen LogP contribution in [0.2, 0.25) is 0 Å². The molecule has 1 unspecified atom stereocenters. The van der Waals surface area contributed by atoms with E-state index >= 15 is 0 Å². The Bertz CT molecular complexity index is 445. The largest absolute Gasteiger partial charge is 0.481 e. The lowest BCUT2D eigenvalue weighted by Gasteiger charge is -2.24. The van der Waals surface area contributed by atoms with Gasteiger partial charge in [0.2, 0.25) is 0 Å². The van der Waals surface area contributed by atoms with Gasteiger partial charge in [-0.25, -0.2) is 4.39 Å². The van der Waals surface area contributed by atoms with E-state index in [1.165, 1.54) is 12.1 Å². The monoisotopic (exact) mass is 237 g/mol. The van der Waals surface area contributed by atoms with Gasteiger partial charge in [-0.05, 0) is 37.6 Å². The molecule has 1 aliphatic heterocycles. The standard InChI is InChI=1S/C13H16FNO2/c1-8(2)15-7-9(5-13(16)17)11-6-10(14)3-4-12(11)15/h3-4,6,8-9H,5,7H2,1-2H3,(H,16,17). The molecule has 3 nitrogen and oxygen atoms in total. The normalized spacial score (nSPS) is 18.6. The molecule has 0 saturated heterocycles. The Kier molecular flexibility index (Phi) is 3.05. The van der Waals surface area contributed by atoms with Gasteiger partial charge < -0.3 is 10.0 Å². The van der Waals surface area contributed by atoms with Crippen LogP contribution in [0.4, 0.5) is 10.1 Å². The molecule has 1 aliphatic rings. The van der Waals surface area contributed by atoms with Crippen molar-refractivity contribution in [3.8, 4) is 0 Å². The molecular weight excluding hydrogens is 221 g/mol. The van der Waals surface area contributed by atoms with E-state index in [4.69, 9.17) is 5.11 Å². The van der Waals surface area contributed by atoms with Crippen LogP contribution >= 0.6 is 0 Å². The van der Waals surface area contributed by atoms with E-state index < -0.39 is 5.97 Å². The fraction of sp³-hybridized carbons (Fsp3) is 0.462. The molecule has 1 N–H and O–H groups in total. The highest BCUT2D eigenvalue weighted by Crippen LogP contribution is 2.39. The minimum Gasteiger partial charge on any atom is -0.481 e. The minimum absolute atomic E-state index is 0.0552. The Hall–Kier alpha value is -1.58. The minimum atomic E-state index is -0.837. The van der Waals surface area contributed by atoms with Crippen LogP contribution in [0.25, 0.3) is 0 Å². The molecule has 0 bridgehead atoms. The molecule has 0 fully saturated rings. The Morgan fingerprint density at radius 1 is 1.59 bits per heavy atom. The zero-order valence-corrected chi connectivity index (χ0v) is 9.98. The fourth-order valence-corrected chi connectivity index (χ4v) is 2.42. The molecule has 1 atom stereocenters. The van der Waals surface area contributed by atoms with Gasteiger partial charge >= 0.3 is 5.97 Å². The average Bonchev–Trinajstić information content (AvgIpc) is 2.56. The third-order valence-electron chi connectivity index (χ3n) is 3.20. The van der Waals surface area contributed by atoms with Crippen LogP contribution in [0.5, 0.6) is 0 Å². The zero-order valence-electron chi connectivity index (χ0n) is 9.98. The fourth-order valence-electron chi connectivity index (χ4n) is 2.42. The number of rotatable bonds is 3. The molecule has 92 valence electrons. The summed E-state index contributed by atoms with van der Waals surface area (Å²) in [6.45, 7) is 4.76.